The standard InChI is InChI=1S/C16H20OS/c1-4-13-6-8-14(9-7-13)11-16(3,17)15-10-5-12(2)18-15/h5-10,17H,4,11H2,1-3H3. The smallest absolute Gasteiger partial charge is 0.1000 e. The van der Waals surface area contributed by atoms with Crippen molar-refractivity contribution in [2.75, 3.05) is 0 Å². The van der Waals surface area contributed by atoms with Gasteiger partial charge in [0.1, 0.15) is 0 Å². The summed E-state index contributed by atoms with van der Waals surface area (Å²) in [5.41, 5.74) is 1.75. The summed E-state index contributed by atoms with van der Waals surface area (Å²) in [6.45, 7) is 6.12. The van der Waals surface area contributed by atoms with Gasteiger partial charge in [-0.1, -0.05) is 31.2 Å². The lowest BCUT2D eigenvalue weighted by atomic mass is 9.94. The first-order valence-electron chi connectivity index (χ1n) is 6.38. The maximum atomic E-state index is 10.6. The lowest BCUT2D eigenvalue weighted by Gasteiger charge is -2.22. The second-order valence-electron chi connectivity index (χ2n) is 5.03. The van der Waals surface area contributed by atoms with Crippen LogP contribution >= 0.6 is 11.3 Å². The lowest BCUT2D eigenvalue weighted by Crippen LogP contribution is -2.22. The molecule has 0 aliphatic carbocycles. The SMILES string of the molecule is CCc1ccc(CC(C)(O)c2ccc(C)s2)cc1. The van der Waals surface area contributed by atoms with Crippen LogP contribution in [0.5, 0.6) is 0 Å². The Kier molecular flexibility index (Phi) is 3.88. The summed E-state index contributed by atoms with van der Waals surface area (Å²) in [4.78, 5) is 2.28. The van der Waals surface area contributed by atoms with E-state index in [-0.39, 0.29) is 0 Å². The minimum absolute atomic E-state index is 0.664. The Morgan fingerprint density at radius 3 is 2.17 bits per heavy atom. The normalized spacial score (nSPS) is 14.4. The zero-order valence-electron chi connectivity index (χ0n) is 11.2. The quantitative estimate of drug-likeness (QED) is 0.878. The first kappa shape index (κ1) is 13.3. The Bertz CT molecular complexity index is 508. The van der Waals surface area contributed by atoms with Gasteiger partial charge in [0.15, 0.2) is 0 Å². The van der Waals surface area contributed by atoms with Crippen LogP contribution in [0.15, 0.2) is 36.4 Å². The van der Waals surface area contributed by atoms with Gasteiger partial charge in [-0.3, -0.25) is 0 Å². The molecule has 0 fully saturated rings. The molecule has 1 aromatic heterocycles. The van der Waals surface area contributed by atoms with Gasteiger partial charge in [-0.05, 0) is 43.5 Å². The van der Waals surface area contributed by atoms with Crippen molar-refractivity contribution in [3.05, 3.63) is 57.3 Å². The average molecular weight is 260 g/mol. The molecular weight excluding hydrogens is 240 g/mol. The Hall–Kier alpha value is -1.12. The van der Waals surface area contributed by atoms with Crippen LogP contribution in [0.4, 0.5) is 0 Å². The number of aliphatic hydroxyl groups is 1. The van der Waals surface area contributed by atoms with E-state index in [1.165, 1.54) is 16.0 Å². The van der Waals surface area contributed by atoms with Crippen LogP contribution in [-0.2, 0) is 18.4 Å². The van der Waals surface area contributed by atoms with Crippen LogP contribution in [0.1, 0.15) is 34.7 Å². The molecule has 1 aromatic carbocycles. The molecule has 0 spiro atoms. The van der Waals surface area contributed by atoms with Crippen molar-refractivity contribution in [1.82, 2.24) is 0 Å². The molecule has 1 N–H and O–H groups in total. The van der Waals surface area contributed by atoms with Gasteiger partial charge < -0.3 is 5.11 Å². The van der Waals surface area contributed by atoms with Crippen molar-refractivity contribution in [3.63, 3.8) is 0 Å². The summed E-state index contributed by atoms with van der Waals surface area (Å²) in [6, 6.07) is 12.6. The number of benzene rings is 1. The van der Waals surface area contributed by atoms with Gasteiger partial charge in [0.2, 0.25) is 0 Å². The van der Waals surface area contributed by atoms with Crippen LogP contribution in [0.2, 0.25) is 0 Å². The molecule has 0 bridgehead atoms. The van der Waals surface area contributed by atoms with Gasteiger partial charge in [-0.25, -0.2) is 0 Å². The summed E-state index contributed by atoms with van der Waals surface area (Å²) >= 11 is 1.67. The van der Waals surface area contributed by atoms with Crippen LogP contribution < -0.4 is 0 Å². The van der Waals surface area contributed by atoms with Crippen molar-refractivity contribution in [3.8, 4) is 0 Å². The maximum absolute atomic E-state index is 10.6. The zero-order chi connectivity index (χ0) is 13.2. The molecule has 18 heavy (non-hydrogen) atoms. The van der Waals surface area contributed by atoms with Gasteiger partial charge in [0.05, 0.1) is 5.60 Å². The third-order valence-electron chi connectivity index (χ3n) is 3.25. The molecule has 0 radical (unpaired) electrons. The highest BCUT2D eigenvalue weighted by Crippen LogP contribution is 2.31. The molecule has 2 heteroatoms. The van der Waals surface area contributed by atoms with Gasteiger partial charge in [-0.15, -0.1) is 11.3 Å². The molecular formula is C16H20OS. The summed E-state index contributed by atoms with van der Waals surface area (Å²) in [5.74, 6) is 0. The van der Waals surface area contributed by atoms with E-state index in [9.17, 15) is 5.11 Å². The largest absolute Gasteiger partial charge is 0.384 e. The third kappa shape index (κ3) is 3.01. The third-order valence-corrected chi connectivity index (χ3v) is 4.50. The molecule has 96 valence electrons. The second-order valence-corrected chi connectivity index (χ2v) is 6.32. The van der Waals surface area contributed by atoms with Crippen molar-refractivity contribution in [2.24, 2.45) is 0 Å². The summed E-state index contributed by atoms with van der Waals surface area (Å²) in [6.07, 6.45) is 1.72. The van der Waals surface area contributed by atoms with Crippen molar-refractivity contribution in [2.45, 2.75) is 39.2 Å². The predicted octanol–water partition coefficient (Wildman–Crippen LogP) is 4.07. The van der Waals surface area contributed by atoms with Crippen LogP contribution in [-0.4, -0.2) is 5.11 Å². The molecule has 1 unspecified atom stereocenters. The molecule has 0 saturated heterocycles. The topological polar surface area (TPSA) is 20.2 Å². The van der Waals surface area contributed by atoms with Crippen LogP contribution in [0.3, 0.4) is 0 Å². The molecule has 1 atom stereocenters. The van der Waals surface area contributed by atoms with Gasteiger partial charge in [-0.2, -0.15) is 0 Å². The summed E-state index contributed by atoms with van der Waals surface area (Å²) in [7, 11) is 0. The molecule has 1 heterocycles. The number of thiophene rings is 1. The number of aryl methyl sites for hydroxylation is 2. The van der Waals surface area contributed by atoms with Gasteiger partial charge in [0.25, 0.3) is 0 Å². The fourth-order valence-corrected chi connectivity index (χ4v) is 3.01. The number of hydrogen-bond donors (Lipinski definition) is 1. The van der Waals surface area contributed by atoms with Gasteiger partial charge >= 0.3 is 0 Å². The van der Waals surface area contributed by atoms with E-state index in [1.807, 2.05) is 13.0 Å². The monoisotopic (exact) mass is 260 g/mol. The molecule has 0 amide bonds. The highest BCUT2D eigenvalue weighted by Gasteiger charge is 2.25. The second kappa shape index (κ2) is 5.25. The molecule has 2 aromatic rings. The average Bonchev–Trinajstić information content (AvgIpc) is 2.77. The predicted molar refractivity (Wildman–Crippen MR) is 78.2 cm³/mol. The first-order chi connectivity index (χ1) is 8.51. The van der Waals surface area contributed by atoms with Crippen LogP contribution in [0.25, 0.3) is 0 Å². The minimum Gasteiger partial charge on any atom is -0.384 e. The molecule has 0 aliphatic rings. The summed E-state index contributed by atoms with van der Waals surface area (Å²) < 4.78 is 0. The van der Waals surface area contributed by atoms with E-state index < -0.39 is 5.60 Å². The Morgan fingerprint density at radius 1 is 1.06 bits per heavy atom. The highest BCUT2D eigenvalue weighted by molar-refractivity contribution is 7.12. The number of rotatable bonds is 4. The fourth-order valence-electron chi connectivity index (χ4n) is 2.10. The van der Waals surface area contributed by atoms with E-state index in [4.69, 9.17) is 0 Å². The minimum atomic E-state index is -0.771. The maximum Gasteiger partial charge on any atom is 0.1000 e. The van der Waals surface area contributed by atoms with Gasteiger partial charge in [0, 0.05) is 16.2 Å². The van der Waals surface area contributed by atoms with E-state index in [1.54, 1.807) is 11.3 Å². The molecule has 0 aliphatic heterocycles. The fraction of sp³-hybridized carbons (Fsp3) is 0.375. The summed E-state index contributed by atoms with van der Waals surface area (Å²) in [5, 5.41) is 10.6. The van der Waals surface area contributed by atoms with Crippen molar-refractivity contribution < 1.29 is 5.11 Å². The molecule has 0 saturated carbocycles. The lowest BCUT2D eigenvalue weighted by molar-refractivity contribution is 0.0615. The highest BCUT2D eigenvalue weighted by atomic mass is 32.1. The van der Waals surface area contributed by atoms with E-state index >= 15 is 0 Å². The Labute approximate surface area is 113 Å². The van der Waals surface area contributed by atoms with Crippen molar-refractivity contribution in [1.29, 1.82) is 0 Å². The molecule has 1 nitrogen and oxygen atoms in total. The number of hydrogen-bond acceptors (Lipinski definition) is 2. The van der Waals surface area contributed by atoms with E-state index in [0.717, 1.165) is 11.3 Å². The first-order valence-corrected chi connectivity index (χ1v) is 7.20. The molecule has 2 rings (SSSR count). The van der Waals surface area contributed by atoms with E-state index in [2.05, 4.69) is 44.2 Å². The van der Waals surface area contributed by atoms with E-state index in [0.29, 0.717) is 6.42 Å². The van der Waals surface area contributed by atoms with Crippen molar-refractivity contribution >= 4 is 11.3 Å². The Morgan fingerprint density at radius 2 is 1.67 bits per heavy atom. The Balaban J connectivity index is 2.16. The zero-order valence-corrected chi connectivity index (χ0v) is 12.1. The van der Waals surface area contributed by atoms with Crippen LogP contribution in [0, 0.1) is 6.92 Å².